The summed E-state index contributed by atoms with van der Waals surface area (Å²) in [7, 11) is 5.76. The lowest BCUT2D eigenvalue weighted by Crippen LogP contribution is -2.31. The highest BCUT2D eigenvalue weighted by Gasteiger charge is 2.39. The minimum absolute atomic E-state index is 0.161. The quantitative estimate of drug-likeness (QED) is 0.121. The van der Waals surface area contributed by atoms with Gasteiger partial charge in [0.05, 0.1) is 0 Å². The van der Waals surface area contributed by atoms with E-state index in [-0.39, 0.29) is 5.89 Å². The van der Waals surface area contributed by atoms with E-state index in [0.29, 0.717) is 39.4 Å². The van der Waals surface area contributed by atoms with Gasteiger partial charge in [-0.25, -0.2) is 13.7 Å². The van der Waals surface area contributed by atoms with Gasteiger partial charge in [0.2, 0.25) is 17.1 Å². The summed E-state index contributed by atoms with van der Waals surface area (Å²) in [6, 6.07) is 69.4. The summed E-state index contributed by atoms with van der Waals surface area (Å²) < 4.78 is 108. The van der Waals surface area contributed by atoms with Gasteiger partial charge in [0.25, 0.3) is 0 Å². The number of aryl methyl sites for hydroxylation is 9. The zero-order valence-electron chi connectivity index (χ0n) is 76.5. The molecule has 9 aromatic carbocycles. The molecule has 0 radical (unpaired) electrons. The molecule has 3 aromatic heterocycles. The molecule has 3 heteroatoms. The van der Waals surface area contributed by atoms with E-state index in [1.165, 1.54) is 133 Å². The zero-order chi connectivity index (χ0) is 83.6. The Balaban J connectivity index is 0.000000133. The molecule has 3 nitrogen and oxygen atoms in total. The number of hydrogen-bond acceptors (Lipinski definition) is 0. The second-order valence-corrected chi connectivity index (χ2v) is 33.5. The van der Waals surface area contributed by atoms with Gasteiger partial charge in [-0.1, -0.05) is 203 Å². The molecular formula is C104H118N3+3. The SMILES string of the molecule is [2H]C([2H])([2H])c1c[n+](C)c(-c2ccccc2C)cc1-c1ccc2cc(C3([2H])CCC4(CCCC4)CC3)ccc2c1.[2H]C([2H])([2H])c1c[n+](C)c(-c2ccccc2C)cc1-c1ccc2cc(C3([2H])CCC4(CCCCC4)CC3)ccc2c1.[2H]C([2H])([2H])c1c[n+](C)c(-c2ccccc2C)cc1-c1ccc2cc(C3CCC(C4([2H])CCCC4)CC3)ccc2c1. The predicted octanol–water partition coefficient (Wildman–Crippen LogP) is 27.1. The second-order valence-electron chi connectivity index (χ2n) is 33.5. The molecule has 0 unspecified atom stereocenters. The van der Waals surface area contributed by atoms with Crippen LogP contribution in [0.3, 0.4) is 0 Å². The van der Waals surface area contributed by atoms with E-state index in [2.05, 4.69) is 154 Å². The number of benzene rings is 9. The summed E-state index contributed by atoms with van der Waals surface area (Å²) in [5.74, 6) is -0.0460. The van der Waals surface area contributed by atoms with E-state index in [1.807, 2.05) is 102 Å². The highest BCUT2D eigenvalue weighted by atomic mass is 14.9. The molecule has 0 amide bonds. The van der Waals surface area contributed by atoms with Gasteiger partial charge < -0.3 is 0 Å². The van der Waals surface area contributed by atoms with Crippen LogP contribution >= 0.6 is 0 Å². The first-order valence-electron chi connectivity index (χ1n) is 46.7. The van der Waals surface area contributed by atoms with Crippen LogP contribution in [0.5, 0.6) is 0 Å². The minimum atomic E-state index is -2.23. The van der Waals surface area contributed by atoms with Crippen LogP contribution in [0.25, 0.3) is 99.5 Å². The lowest BCUT2D eigenvalue weighted by molar-refractivity contribution is -0.660. The Kier molecular flexibility index (Phi) is 17.4. The molecule has 0 bridgehead atoms. The first-order chi connectivity index (χ1) is 56.8. The van der Waals surface area contributed by atoms with E-state index < -0.39 is 32.3 Å². The van der Waals surface area contributed by atoms with Crippen molar-refractivity contribution in [3.05, 3.63) is 269 Å². The Bertz CT molecular complexity index is 5740. The molecule has 0 saturated heterocycles. The molecule has 6 fully saturated rings. The Labute approximate surface area is 658 Å². The van der Waals surface area contributed by atoms with Crippen LogP contribution in [0.1, 0.15) is 245 Å². The van der Waals surface area contributed by atoms with Crippen LogP contribution in [0, 0.1) is 64.0 Å². The van der Waals surface area contributed by atoms with Gasteiger partial charge in [-0.15, -0.1) is 0 Å². The summed E-state index contributed by atoms with van der Waals surface area (Å²) in [5.41, 5.74) is 20.4. The van der Waals surface area contributed by atoms with Gasteiger partial charge in [-0.2, -0.15) is 0 Å². The van der Waals surface area contributed by atoms with E-state index >= 15 is 0 Å². The molecule has 0 aliphatic heterocycles. The lowest BCUT2D eigenvalue weighted by Gasteiger charge is -2.43. The van der Waals surface area contributed by atoms with Gasteiger partial charge in [-0.3, -0.25) is 0 Å². The molecule has 12 aromatic rings. The maximum absolute atomic E-state index is 9.39. The maximum Gasteiger partial charge on any atom is 0.213 e. The van der Waals surface area contributed by atoms with Gasteiger partial charge in [0.1, 0.15) is 21.1 Å². The van der Waals surface area contributed by atoms with Gasteiger partial charge >= 0.3 is 0 Å². The highest BCUT2D eigenvalue weighted by molar-refractivity contribution is 5.91. The number of aromatic nitrogens is 3. The van der Waals surface area contributed by atoms with Crippen molar-refractivity contribution in [2.24, 2.45) is 43.8 Å². The number of hydrogen-bond donors (Lipinski definition) is 0. The monoisotopic (exact) mass is 1420 g/mol. The first kappa shape index (κ1) is 59.2. The number of fused-ring (bicyclic) bond motifs is 3. The van der Waals surface area contributed by atoms with Gasteiger partial charge in [0.15, 0.2) is 18.6 Å². The molecule has 6 aliphatic carbocycles. The van der Waals surface area contributed by atoms with Crippen molar-refractivity contribution < 1.29 is 30.2 Å². The molecule has 2 spiro atoms. The fourth-order valence-corrected chi connectivity index (χ4v) is 20.2. The third-order valence-corrected chi connectivity index (χ3v) is 26.8. The average Bonchev–Trinajstić information content (AvgIpc) is 1.55. The molecule has 3 heterocycles. The van der Waals surface area contributed by atoms with E-state index in [9.17, 15) is 2.74 Å². The second kappa shape index (κ2) is 31.4. The third kappa shape index (κ3) is 15.5. The van der Waals surface area contributed by atoms with Crippen LogP contribution in [0.15, 0.2) is 219 Å². The van der Waals surface area contributed by atoms with E-state index in [1.54, 1.807) is 18.6 Å². The number of rotatable bonds is 10. The van der Waals surface area contributed by atoms with Gasteiger partial charge in [-0.05, 0) is 320 Å². The van der Waals surface area contributed by atoms with Crippen LogP contribution in [0.2, 0.25) is 0 Å². The topological polar surface area (TPSA) is 11.6 Å². The summed E-state index contributed by atoms with van der Waals surface area (Å²) in [4.78, 5) is 0. The van der Waals surface area contributed by atoms with Crippen molar-refractivity contribution in [2.45, 2.75) is 220 Å². The largest absolute Gasteiger partial charge is 0.213 e. The maximum atomic E-state index is 9.39. The highest BCUT2D eigenvalue weighted by Crippen LogP contribution is 2.54. The molecule has 18 rings (SSSR count). The van der Waals surface area contributed by atoms with Crippen molar-refractivity contribution in [2.75, 3.05) is 0 Å². The molecule has 0 N–H and O–H groups in total. The van der Waals surface area contributed by atoms with Crippen molar-refractivity contribution in [1.29, 1.82) is 0 Å². The predicted molar refractivity (Wildman–Crippen MR) is 452 cm³/mol. The smallest absolute Gasteiger partial charge is 0.201 e. The molecule has 107 heavy (non-hydrogen) atoms. The number of nitrogens with zero attached hydrogens (tertiary/aromatic N) is 3. The number of pyridine rings is 3. The van der Waals surface area contributed by atoms with E-state index in [4.69, 9.17) is 13.7 Å². The first-order valence-corrected chi connectivity index (χ1v) is 40.7. The zero-order valence-corrected chi connectivity index (χ0v) is 64.5. The Morgan fingerprint density at radius 1 is 0.299 bits per heavy atom. The fourth-order valence-electron chi connectivity index (χ4n) is 20.2. The molecule has 6 aliphatic rings. The van der Waals surface area contributed by atoms with Crippen LogP contribution < -0.4 is 13.7 Å². The van der Waals surface area contributed by atoms with Gasteiger partial charge in [0, 0.05) is 68.0 Å². The Hall–Kier alpha value is -8.79. The summed E-state index contributed by atoms with van der Waals surface area (Å²) in [6.07, 6.45) is 35.4. The van der Waals surface area contributed by atoms with Crippen LogP contribution in [0.4, 0.5) is 0 Å². The van der Waals surface area contributed by atoms with Crippen LogP contribution in [-0.4, -0.2) is 0 Å². The molecule has 6 saturated carbocycles. The van der Waals surface area contributed by atoms with Crippen molar-refractivity contribution in [3.8, 4) is 67.2 Å². The fraction of sp³-hybridized carbons (Fsp3) is 0.394. The minimum Gasteiger partial charge on any atom is -0.201 e. The Morgan fingerprint density at radius 2 is 0.626 bits per heavy atom. The summed E-state index contributed by atoms with van der Waals surface area (Å²) >= 11 is 0. The van der Waals surface area contributed by atoms with Crippen molar-refractivity contribution in [3.63, 3.8) is 0 Å². The van der Waals surface area contributed by atoms with Crippen molar-refractivity contribution in [1.82, 2.24) is 0 Å². The normalized spacial score (nSPS) is 22.7. The summed E-state index contributed by atoms with van der Waals surface area (Å²) in [5, 5.41) is 6.71. The standard InChI is InChI=1S/2C35H40N.C34H38N/c1-25-9-5-6-10-32(25)34-23-33(26(2)24-36(34)3)31-14-13-29-21-28(11-12-30(29)22-31)27-15-19-35(20-16-27)17-7-4-8-18-35;1-24-8-4-7-11-33(24)35-22-34(25(2)23-36(35)3)32-19-18-30-20-29(16-17-31(30)21-32)28-14-12-27(13-15-28)26-9-5-6-10-26;1-24-8-4-5-9-31(24)33-22-32(25(2)23-35(33)3)30-13-12-28-20-27(10-11-29(28)21-30)26-14-18-34(19-15-26)16-6-7-17-34/h5-6,9-14,21-24,27H,4,7-8,15-20H2,1-3H3;4,7-8,11,16-23,26-28H,5-6,9-10,12-15H2,1-3H3;4-5,8-13,20-23,26H,6-7,14-19H2,1-3H3/q3*+1/i2D3,27D;2*2D3,26D. The average molecular weight is 1420 g/mol. The Morgan fingerprint density at radius 3 is 0.991 bits per heavy atom. The summed E-state index contributed by atoms with van der Waals surface area (Å²) in [6.45, 7) is -0.423. The van der Waals surface area contributed by atoms with E-state index in [0.717, 1.165) is 160 Å². The molecular weight excluding hydrogens is 1290 g/mol. The molecule has 0 atom stereocenters. The molecule has 546 valence electrons. The lowest BCUT2D eigenvalue weighted by atomic mass is 9.62. The van der Waals surface area contributed by atoms with Crippen molar-refractivity contribution >= 4 is 32.3 Å². The van der Waals surface area contributed by atoms with Crippen LogP contribution in [-0.2, 0) is 21.1 Å². The third-order valence-electron chi connectivity index (χ3n) is 26.8.